The van der Waals surface area contributed by atoms with Crippen molar-refractivity contribution in [3.05, 3.63) is 59.8 Å². The van der Waals surface area contributed by atoms with E-state index >= 15 is 0 Å². The molecule has 6 nitrogen and oxygen atoms in total. The highest BCUT2D eigenvalue weighted by Gasteiger charge is 2.38. The number of rotatable bonds is 3. The Morgan fingerprint density at radius 2 is 1.78 bits per heavy atom. The van der Waals surface area contributed by atoms with Gasteiger partial charge in [-0.1, -0.05) is 18.2 Å². The predicted octanol–water partition coefficient (Wildman–Crippen LogP) is 1.16. The van der Waals surface area contributed by atoms with E-state index in [1.54, 1.807) is 35.4 Å². The lowest BCUT2D eigenvalue weighted by molar-refractivity contribution is 0.0561. The largest absolute Gasteiger partial charge is 0.371 e. The van der Waals surface area contributed by atoms with Crippen LogP contribution in [-0.2, 0) is 0 Å². The lowest BCUT2D eigenvalue weighted by Gasteiger charge is -2.23. The van der Waals surface area contributed by atoms with Crippen molar-refractivity contribution in [1.29, 1.82) is 0 Å². The number of fused-ring (bicyclic) bond motifs is 2. The fraction of sp³-hybridized carbons (Fsp3) is 0.235. The molecule has 0 bridgehead atoms. The first-order valence-electron chi connectivity index (χ1n) is 7.51. The van der Waals surface area contributed by atoms with E-state index in [-0.39, 0.29) is 24.4 Å². The number of benzene rings is 1. The zero-order valence-electron chi connectivity index (χ0n) is 12.3. The molecule has 0 aromatic heterocycles. The second-order valence-electron chi connectivity index (χ2n) is 5.67. The number of aliphatic hydroxyl groups is 1. The van der Waals surface area contributed by atoms with Gasteiger partial charge in [0.25, 0.3) is 11.8 Å². The Morgan fingerprint density at radius 3 is 2.43 bits per heavy atom. The summed E-state index contributed by atoms with van der Waals surface area (Å²) in [4.78, 5) is 32.0. The van der Waals surface area contributed by atoms with Crippen molar-refractivity contribution in [1.82, 2.24) is 9.80 Å². The number of amides is 2. The van der Waals surface area contributed by atoms with Gasteiger partial charge < -0.3 is 10.0 Å². The molecule has 4 rings (SSSR count). The summed E-state index contributed by atoms with van der Waals surface area (Å²) < 4.78 is 0. The highest BCUT2D eigenvalue weighted by atomic mass is 16.3. The number of hydrogen-bond donors (Lipinski definition) is 1. The van der Waals surface area contributed by atoms with Gasteiger partial charge >= 0.3 is 0 Å². The van der Waals surface area contributed by atoms with Gasteiger partial charge in [-0.15, -0.1) is 0 Å². The minimum atomic E-state index is -0.763. The average molecular weight is 309 g/mol. The van der Waals surface area contributed by atoms with Gasteiger partial charge in [0, 0.05) is 12.7 Å². The first-order valence-corrected chi connectivity index (χ1v) is 7.51. The monoisotopic (exact) mass is 309 g/mol. The Kier molecular flexibility index (Phi) is 3.12. The van der Waals surface area contributed by atoms with E-state index in [9.17, 15) is 14.7 Å². The Balaban J connectivity index is 1.48. The van der Waals surface area contributed by atoms with E-state index < -0.39 is 6.23 Å². The summed E-state index contributed by atoms with van der Waals surface area (Å²) in [6, 6.07) is 6.46. The molecule has 3 heterocycles. The molecule has 0 unspecified atom stereocenters. The second kappa shape index (κ2) is 5.17. The fourth-order valence-corrected chi connectivity index (χ4v) is 3.12. The van der Waals surface area contributed by atoms with Gasteiger partial charge in [0.1, 0.15) is 5.84 Å². The molecule has 0 spiro atoms. The van der Waals surface area contributed by atoms with E-state index in [4.69, 9.17) is 0 Å². The summed E-state index contributed by atoms with van der Waals surface area (Å²) in [6.45, 7) is 0.242. The van der Waals surface area contributed by atoms with Crippen molar-refractivity contribution >= 4 is 17.6 Å². The molecule has 0 saturated heterocycles. The number of hydrogen-bond acceptors (Lipinski definition) is 5. The number of aliphatic imine (C=N–C) groups is 1. The van der Waals surface area contributed by atoms with Crippen LogP contribution in [0.1, 0.15) is 27.1 Å². The van der Waals surface area contributed by atoms with Crippen LogP contribution >= 0.6 is 0 Å². The van der Waals surface area contributed by atoms with Crippen LogP contribution in [0.4, 0.5) is 0 Å². The Hall–Kier alpha value is -2.73. The molecular formula is C17H15N3O3. The third kappa shape index (κ3) is 2.10. The highest BCUT2D eigenvalue weighted by Crippen LogP contribution is 2.25. The van der Waals surface area contributed by atoms with E-state index in [1.807, 2.05) is 18.2 Å². The Morgan fingerprint density at radius 1 is 1.09 bits per heavy atom. The maximum atomic E-state index is 12.3. The SMILES string of the molecule is O=C1c2ccccc2C(=O)N1CC[C@H]1N=C2C=CC=CN2[C@H]1O. The van der Waals surface area contributed by atoms with Crippen molar-refractivity contribution in [2.75, 3.05) is 6.54 Å². The minimum absolute atomic E-state index is 0.242. The van der Waals surface area contributed by atoms with E-state index in [2.05, 4.69) is 4.99 Å². The van der Waals surface area contributed by atoms with Gasteiger partial charge in [-0.05, 0) is 30.7 Å². The van der Waals surface area contributed by atoms with Gasteiger partial charge in [-0.3, -0.25) is 19.5 Å². The normalized spacial score (nSPS) is 25.0. The molecule has 0 saturated carbocycles. The van der Waals surface area contributed by atoms with Crippen LogP contribution in [0, 0.1) is 0 Å². The van der Waals surface area contributed by atoms with E-state index in [1.165, 1.54) is 4.90 Å². The molecule has 0 radical (unpaired) electrons. The zero-order valence-corrected chi connectivity index (χ0v) is 12.3. The van der Waals surface area contributed by atoms with Crippen molar-refractivity contribution in [3.63, 3.8) is 0 Å². The summed E-state index contributed by atoms with van der Waals surface area (Å²) in [7, 11) is 0. The number of imide groups is 1. The molecule has 3 aliphatic rings. The van der Waals surface area contributed by atoms with Gasteiger partial charge in [0.05, 0.1) is 17.2 Å². The maximum Gasteiger partial charge on any atom is 0.261 e. The lowest BCUT2D eigenvalue weighted by atomic mass is 10.1. The molecule has 1 aromatic rings. The van der Waals surface area contributed by atoms with Crippen molar-refractivity contribution in [3.8, 4) is 0 Å². The molecule has 3 aliphatic heterocycles. The molecule has 2 amide bonds. The number of aliphatic hydroxyl groups excluding tert-OH is 1. The first kappa shape index (κ1) is 13.9. The van der Waals surface area contributed by atoms with Crippen LogP contribution < -0.4 is 0 Å². The van der Waals surface area contributed by atoms with Gasteiger partial charge in [0.2, 0.25) is 0 Å². The summed E-state index contributed by atoms with van der Waals surface area (Å²) in [5.41, 5.74) is 0.887. The molecule has 1 N–H and O–H groups in total. The molecule has 23 heavy (non-hydrogen) atoms. The van der Waals surface area contributed by atoms with Crippen LogP contribution in [0.25, 0.3) is 0 Å². The number of nitrogens with zero attached hydrogens (tertiary/aromatic N) is 3. The topological polar surface area (TPSA) is 73.2 Å². The van der Waals surface area contributed by atoms with E-state index in [0.717, 1.165) is 0 Å². The molecule has 1 aromatic carbocycles. The average Bonchev–Trinajstić information content (AvgIpc) is 3.02. The molecule has 6 heteroatoms. The first-order chi connectivity index (χ1) is 11.2. The van der Waals surface area contributed by atoms with Crippen LogP contribution in [0.2, 0.25) is 0 Å². The summed E-state index contributed by atoms with van der Waals surface area (Å²) in [5.74, 6) is 0.152. The molecule has 0 fully saturated rings. The fourth-order valence-electron chi connectivity index (χ4n) is 3.12. The molecule has 2 atom stereocenters. The second-order valence-corrected chi connectivity index (χ2v) is 5.67. The standard InChI is InChI=1S/C17H15N3O3/c21-15-11-5-1-2-6-12(11)16(22)20(15)10-8-13-17(23)19-9-4-3-7-14(19)18-13/h1-7,9,13,17,23H,8,10H2/t13-,17+/m1/s1. The summed E-state index contributed by atoms with van der Waals surface area (Å²) in [5, 5.41) is 10.3. The molecule has 0 aliphatic carbocycles. The van der Waals surface area contributed by atoms with Gasteiger partial charge in [0.15, 0.2) is 6.23 Å². The Labute approximate surface area is 133 Å². The zero-order chi connectivity index (χ0) is 16.0. The van der Waals surface area contributed by atoms with Crippen LogP contribution in [-0.4, -0.2) is 51.4 Å². The number of carbonyl (C=O) groups is 2. The van der Waals surface area contributed by atoms with Crippen molar-refractivity contribution in [2.24, 2.45) is 4.99 Å². The van der Waals surface area contributed by atoms with Crippen molar-refractivity contribution in [2.45, 2.75) is 18.7 Å². The third-order valence-corrected chi connectivity index (χ3v) is 4.32. The predicted molar refractivity (Wildman–Crippen MR) is 83.8 cm³/mol. The number of amidine groups is 1. The van der Waals surface area contributed by atoms with Crippen LogP contribution in [0.3, 0.4) is 0 Å². The third-order valence-electron chi connectivity index (χ3n) is 4.32. The molecule has 116 valence electrons. The summed E-state index contributed by atoms with van der Waals surface area (Å²) >= 11 is 0. The summed E-state index contributed by atoms with van der Waals surface area (Å²) in [6.07, 6.45) is 6.94. The number of allylic oxidation sites excluding steroid dienone is 2. The van der Waals surface area contributed by atoms with Crippen LogP contribution in [0.5, 0.6) is 0 Å². The lowest BCUT2D eigenvalue weighted by Crippen LogP contribution is -2.38. The quantitative estimate of drug-likeness (QED) is 0.850. The minimum Gasteiger partial charge on any atom is -0.371 e. The van der Waals surface area contributed by atoms with E-state index in [0.29, 0.717) is 23.4 Å². The Bertz CT molecular complexity index is 746. The number of carbonyl (C=O) groups excluding carboxylic acids is 2. The maximum absolute atomic E-state index is 12.3. The van der Waals surface area contributed by atoms with Crippen molar-refractivity contribution < 1.29 is 14.7 Å². The molecular weight excluding hydrogens is 294 g/mol. The van der Waals surface area contributed by atoms with Gasteiger partial charge in [-0.2, -0.15) is 0 Å². The van der Waals surface area contributed by atoms with Crippen LogP contribution in [0.15, 0.2) is 53.7 Å². The smallest absolute Gasteiger partial charge is 0.261 e. The highest BCUT2D eigenvalue weighted by molar-refractivity contribution is 6.21. The van der Waals surface area contributed by atoms with Gasteiger partial charge in [-0.25, -0.2) is 0 Å².